The molecule has 1 heterocycles. The van der Waals surface area contributed by atoms with Crippen LogP contribution in [0, 0.1) is 11.6 Å². The van der Waals surface area contributed by atoms with Crippen LogP contribution in [0.4, 0.5) is 25.2 Å². The average Bonchev–Trinajstić information content (AvgIpc) is 3.31. The second kappa shape index (κ2) is 13.6. The van der Waals surface area contributed by atoms with Gasteiger partial charge in [-0.05, 0) is 30.5 Å². The van der Waals surface area contributed by atoms with E-state index in [-0.39, 0.29) is 17.7 Å². The summed E-state index contributed by atoms with van der Waals surface area (Å²) < 4.78 is 28.1. The molecule has 2 aromatic rings. The topological polar surface area (TPSA) is 86.7 Å². The number of rotatable bonds is 14. The van der Waals surface area contributed by atoms with Crippen molar-refractivity contribution in [2.75, 3.05) is 0 Å². The molecule has 1 saturated carbocycles. The summed E-state index contributed by atoms with van der Waals surface area (Å²) in [6.07, 6.45) is 16.4. The van der Waals surface area contributed by atoms with Crippen LogP contribution in [-0.4, -0.2) is 32.3 Å². The molecule has 0 bridgehead atoms. The third kappa shape index (κ3) is 6.84. The van der Waals surface area contributed by atoms with E-state index >= 15 is 4.39 Å². The maximum absolute atomic E-state index is 15.0. The van der Waals surface area contributed by atoms with Gasteiger partial charge in [0.05, 0.1) is 6.54 Å². The number of quaternary nitrogens is 1. The van der Waals surface area contributed by atoms with Gasteiger partial charge in [-0.15, -0.1) is 4.48 Å². The summed E-state index contributed by atoms with van der Waals surface area (Å²) in [5.74, 6) is -1.49. The standard InChI is InChI=1S/C26H40F2N6O/c1-2-3-4-5-6-7-8-9-10-14-19-33-31-26(30-32-33)34(25(29)35,22-15-12-11-13-16-22)24-18-17-21(27)20-23(24)28/h17-18,20,22H,2-16,19H2,1H3,(H-,29,35)/p+1. The predicted octanol–water partition coefficient (Wildman–Crippen LogP) is 6.92. The van der Waals surface area contributed by atoms with Gasteiger partial charge in [0.25, 0.3) is 0 Å². The molecule has 35 heavy (non-hydrogen) atoms. The fraction of sp³-hybridized carbons (Fsp3) is 0.692. The third-order valence-corrected chi connectivity index (χ3v) is 7.23. The molecule has 2 amide bonds. The Morgan fingerprint density at radius 2 is 1.63 bits per heavy atom. The van der Waals surface area contributed by atoms with Gasteiger partial charge < -0.3 is 5.73 Å². The number of nitrogens with zero attached hydrogens (tertiary/aromatic N) is 5. The van der Waals surface area contributed by atoms with Crippen molar-refractivity contribution in [3.05, 3.63) is 29.8 Å². The quantitative estimate of drug-likeness (QED) is 0.229. The van der Waals surface area contributed by atoms with Gasteiger partial charge in [-0.2, -0.15) is 4.80 Å². The number of hydrogen-bond donors (Lipinski definition) is 1. The predicted molar refractivity (Wildman–Crippen MR) is 134 cm³/mol. The molecule has 0 radical (unpaired) electrons. The van der Waals surface area contributed by atoms with Crippen molar-refractivity contribution in [3.63, 3.8) is 0 Å². The summed E-state index contributed by atoms with van der Waals surface area (Å²) in [6, 6.07) is 2.11. The Morgan fingerprint density at radius 3 is 2.23 bits per heavy atom. The maximum atomic E-state index is 15.0. The molecule has 0 saturated heterocycles. The number of halogens is 2. The van der Waals surface area contributed by atoms with Crippen molar-refractivity contribution < 1.29 is 13.6 Å². The monoisotopic (exact) mass is 491 g/mol. The maximum Gasteiger partial charge on any atom is 0.427 e. The molecule has 1 atom stereocenters. The summed E-state index contributed by atoms with van der Waals surface area (Å²) in [4.78, 5) is 14.5. The Kier molecular flexibility index (Phi) is 10.6. The molecular weight excluding hydrogens is 450 g/mol. The summed E-state index contributed by atoms with van der Waals surface area (Å²) >= 11 is 0. The Hall–Kier alpha value is -2.42. The van der Waals surface area contributed by atoms with Crippen molar-refractivity contribution in [2.45, 2.75) is 116 Å². The highest BCUT2D eigenvalue weighted by molar-refractivity contribution is 5.91. The zero-order chi connectivity index (χ0) is 25.1. The van der Waals surface area contributed by atoms with Gasteiger partial charge in [-0.1, -0.05) is 81.3 Å². The third-order valence-electron chi connectivity index (χ3n) is 7.23. The lowest BCUT2D eigenvalue weighted by molar-refractivity contribution is 0.191. The molecule has 2 N–H and O–H groups in total. The lowest BCUT2D eigenvalue weighted by Gasteiger charge is -2.38. The highest BCUT2D eigenvalue weighted by atomic mass is 19.1. The van der Waals surface area contributed by atoms with Gasteiger partial charge >= 0.3 is 12.0 Å². The molecule has 194 valence electrons. The van der Waals surface area contributed by atoms with E-state index in [0.29, 0.717) is 19.4 Å². The molecular formula is C26H41F2N6O+. The van der Waals surface area contributed by atoms with Crippen molar-refractivity contribution in [1.82, 2.24) is 24.7 Å². The van der Waals surface area contributed by atoms with Crippen molar-refractivity contribution in [2.24, 2.45) is 5.73 Å². The number of aryl methyl sites for hydroxylation is 1. The van der Waals surface area contributed by atoms with E-state index in [2.05, 4.69) is 22.3 Å². The number of aromatic nitrogens is 4. The van der Waals surface area contributed by atoms with E-state index in [1.165, 1.54) is 62.2 Å². The summed E-state index contributed by atoms with van der Waals surface area (Å²) in [7, 11) is 0. The number of unbranched alkanes of at least 4 members (excludes halogenated alkanes) is 9. The van der Waals surface area contributed by atoms with Crippen LogP contribution >= 0.6 is 0 Å². The van der Waals surface area contributed by atoms with Gasteiger partial charge in [0.2, 0.25) is 0 Å². The van der Waals surface area contributed by atoms with E-state index in [9.17, 15) is 9.18 Å². The molecule has 1 fully saturated rings. The summed E-state index contributed by atoms with van der Waals surface area (Å²) in [5.41, 5.74) is 5.92. The normalized spacial score (nSPS) is 16.3. The van der Waals surface area contributed by atoms with Crippen LogP contribution in [0.5, 0.6) is 0 Å². The zero-order valence-corrected chi connectivity index (χ0v) is 21.1. The van der Waals surface area contributed by atoms with E-state index in [4.69, 9.17) is 5.73 Å². The Balaban J connectivity index is 1.68. The van der Waals surface area contributed by atoms with Crippen molar-refractivity contribution in [3.8, 4) is 0 Å². The first-order chi connectivity index (χ1) is 17.0. The van der Waals surface area contributed by atoms with E-state index in [1.807, 2.05) is 0 Å². The summed E-state index contributed by atoms with van der Waals surface area (Å²) in [6.45, 7) is 2.80. The fourth-order valence-electron chi connectivity index (χ4n) is 5.31. The Labute approximate surface area is 207 Å². The minimum Gasteiger partial charge on any atom is -0.318 e. The number of carbonyl (C=O) groups excluding carboxylic acids is 1. The summed E-state index contributed by atoms with van der Waals surface area (Å²) in [5, 5.41) is 12.8. The number of benzene rings is 1. The molecule has 1 aliphatic rings. The smallest absolute Gasteiger partial charge is 0.318 e. The lowest BCUT2D eigenvalue weighted by Crippen LogP contribution is -2.61. The van der Waals surface area contributed by atoms with Crippen LogP contribution in [0.25, 0.3) is 0 Å². The van der Waals surface area contributed by atoms with Crippen molar-refractivity contribution in [1.29, 1.82) is 0 Å². The molecule has 1 aromatic carbocycles. The first kappa shape index (κ1) is 27.2. The molecule has 1 unspecified atom stereocenters. The molecule has 1 aromatic heterocycles. The molecule has 1 aliphatic carbocycles. The second-order valence-electron chi connectivity index (χ2n) is 9.82. The number of tetrazole rings is 1. The zero-order valence-electron chi connectivity index (χ0n) is 21.1. The van der Waals surface area contributed by atoms with Crippen LogP contribution in [0.15, 0.2) is 18.2 Å². The van der Waals surface area contributed by atoms with Gasteiger partial charge in [0.15, 0.2) is 11.5 Å². The fourth-order valence-corrected chi connectivity index (χ4v) is 5.31. The first-order valence-electron chi connectivity index (χ1n) is 13.4. The van der Waals surface area contributed by atoms with E-state index < -0.39 is 22.1 Å². The lowest BCUT2D eigenvalue weighted by atomic mass is 9.91. The van der Waals surface area contributed by atoms with E-state index in [1.54, 1.807) is 0 Å². The number of primary amides is 1. The number of hydrogen-bond acceptors (Lipinski definition) is 4. The van der Waals surface area contributed by atoms with Gasteiger partial charge in [0.1, 0.15) is 11.9 Å². The molecule has 9 heteroatoms. The van der Waals surface area contributed by atoms with Gasteiger partial charge in [-0.25, -0.2) is 13.6 Å². The Morgan fingerprint density at radius 1 is 1.00 bits per heavy atom. The number of nitrogens with two attached hydrogens (primary N) is 1. The number of amides is 2. The molecule has 3 rings (SSSR count). The van der Waals surface area contributed by atoms with E-state index in [0.717, 1.165) is 44.2 Å². The van der Waals surface area contributed by atoms with Crippen LogP contribution in [-0.2, 0) is 6.54 Å². The molecule has 7 nitrogen and oxygen atoms in total. The SMILES string of the molecule is CCCCCCCCCCCCn1nnc([N+](C(N)=O)(c2ccc(F)cc2F)C2CCCCC2)n1. The van der Waals surface area contributed by atoms with Crippen LogP contribution in [0.2, 0.25) is 0 Å². The molecule has 0 aliphatic heterocycles. The minimum absolute atomic E-state index is 0.0238. The van der Waals surface area contributed by atoms with Gasteiger partial charge in [0, 0.05) is 25.0 Å². The number of urea groups is 1. The first-order valence-corrected chi connectivity index (χ1v) is 13.4. The van der Waals surface area contributed by atoms with Gasteiger partial charge in [-0.3, -0.25) is 0 Å². The Bertz CT molecular complexity index is 930. The highest BCUT2D eigenvalue weighted by Crippen LogP contribution is 2.41. The number of carbonyl (C=O) groups is 1. The molecule has 0 spiro atoms. The van der Waals surface area contributed by atoms with Crippen LogP contribution in [0.3, 0.4) is 0 Å². The van der Waals surface area contributed by atoms with Crippen molar-refractivity contribution >= 4 is 17.7 Å². The highest BCUT2D eigenvalue weighted by Gasteiger charge is 2.53. The minimum atomic E-state index is -0.833. The second-order valence-corrected chi connectivity index (χ2v) is 9.82. The largest absolute Gasteiger partial charge is 0.427 e. The average molecular weight is 492 g/mol. The van der Waals surface area contributed by atoms with Crippen LogP contribution < -0.4 is 10.2 Å². The van der Waals surface area contributed by atoms with Crippen LogP contribution in [0.1, 0.15) is 103 Å².